The lowest BCUT2D eigenvalue weighted by molar-refractivity contribution is 0.351. The maximum Gasteiger partial charge on any atom is 0.00168 e. The Balaban J connectivity index is 2.03. The summed E-state index contributed by atoms with van der Waals surface area (Å²) in [6.45, 7) is 2.42. The largest absolute Gasteiger partial charge is 0.0770 e. The highest BCUT2D eigenvalue weighted by atomic mass is 14.5. The molecule has 0 aliphatic heterocycles. The van der Waals surface area contributed by atoms with Gasteiger partial charge in [0, 0.05) is 5.92 Å². The summed E-state index contributed by atoms with van der Waals surface area (Å²) >= 11 is 0. The molecule has 2 fully saturated rings. The lowest BCUT2D eigenvalue weighted by atomic mass is 9.80. The summed E-state index contributed by atoms with van der Waals surface area (Å²) in [5, 5.41) is 0. The van der Waals surface area contributed by atoms with Crippen LogP contribution >= 0.6 is 0 Å². The fourth-order valence-corrected chi connectivity index (χ4v) is 3.36. The van der Waals surface area contributed by atoms with Crippen molar-refractivity contribution in [2.24, 2.45) is 23.7 Å². The Hall–Kier alpha value is -0.520. The summed E-state index contributed by atoms with van der Waals surface area (Å²) < 4.78 is 0. The monoisotopic (exact) mass is 146 g/mol. The van der Waals surface area contributed by atoms with Crippen LogP contribution in [0.25, 0.3) is 0 Å². The second-order valence-electron chi connectivity index (χ2n) is 4.39. The fraction of sp³-hybridized carbons (Fsp3) is 0.636. The smallest absolute Gasteiger partial charge is 0.00168 e. The average Bonchev–Trinajstić information content (AvgIpc) is 2.52. The van der Waals surface area contributed by atoms with Crippen LogP contribution in [0.1, 0.15) is 19.8 Å². The maximum atomic E-state index is 2.42. The van der Waals surface area contributed by atoms with E-state index in [0.29, 0.717) is 0 Å². The molecule has 0 heterocycles. The van der Waals surface area contributed by atoms with Crippen LogP contribution in [0.2, 0.25) is 0 Å². The minimum atomic E-state index is 0.865. The zero-order valence-electron chi connectivity index (χ0n) is 6.96. The molecule has 3 aliphatic rings. The number of hydrogen-bond donors (Lipinski definition) is 0. The van der Waals surface area contributed by atoms with Crippen molar-refractivity contribution in [1.29, 1.82) is 0 Å². The van der Waals surface area contributed by atoms with Crippen molar-refractivity contribution in [3.8, 4) is 0 Å². The Kier molecular flexibility index (Phi) is 0.988. The maximum absolute atomic E-state index is 2.42. The van der Waals surface area contributed by atoms with E-state index in [2.05, 4.69) is 25.2 Å². The van der Waals surface area contributed by atoms with Crippen molar-refractivity contribution >= 4 is 0 Å². The third-order valence-corrected chi connectivity index (χ3v) is 3.87. The molecule has 0 heteroatoms. The van der Waals surface area contributed by atoms with E-state index in [1.807, 2.05) is 0 Å². The summed E-state index contributed by atoms with van der Waals surface area (Å²) in [4.78, 5) is 0. The van der Waals surface area contributed by atoms with Crippen molar-refractivity contribution < 1.29 is 0 Å². The molecular weight excluding hydrogens is 132 g/mol. The van der Waals surface area contributed by atoms with Crippen LogP contribution in [0.3, 0.4) is 0 Å². The first-order valence-electron chi connectivity index (χ1n) is 4.74. The summed E-state index contributed by atoms with van der Waals surface area (Å²) in [6.07, 6.45) is 9.99. The summed E-state index contributed by atoms with van der Waals surface area (Å²) in [6, 6.07) is 0. The zero-order valence-corrected chi connectivity index (χ0v) is 6.96. The third-order valence-electron chi connectivity index (χ3n) is 3.87. The molecule has 0 amide bonds. The van der Waals surface area contributed by atoms with E-state index in [-0.39, 0.29) is 0 Å². The van der Waals surface area contributed by atoms with E-state index in [1.54, 1.807) is 5.57 Å². The molecule has 0 aromatic carbocycles. The Morgan fingerprint density at radius 1 is 1.36 bits per heavy atom. The predicted molar refractivity (Wildman–Crippen MR) is 46.1 cm³/mol. The van der Waals surface area contributed by atoms with Crippen LogP contribution in [0.15, 0.2) is 23.8 Å². The molecule has 2 saturated carbocycles. The Labute approximate surface area is 68.0 Å². The molecule has 0 saturated heterocycles. The van der Waals surface area contributed by atoms with E-state index in [1.165, 1.54) is 12.8 Å². The second-order valence-corrected chi connectivity index (χ2v) is 4.39. The van der Waals surface area contributed by atoms with Gasteiger partial charge < -0.3 is 0 Å². The van der Waals surface area contributed by atoms with Gasteiger partial charge in [-0.15, -0.1) is 0 Å². The van der Waals surface area contributed by atoms with Gasteiger partial charge in [0.2, 0.25) is 0 Å². The molecule has 58 valence electrons. The predicted octanol–water partition coefficient (Wildman–Crippen LogP) is 2.77. The van der Waals surface area contributed by atoms with Crippen molar-refractivity contribution in [1.82, 2.24) is 0 Å². The Bertz CT molecular complexity index is 247. The van der Waals surface area contributed by atoms with Gasteiger partial charge in [-0.1, -0.05) is 30.7 Å². The highest BCUT2D eigenvalue weighted by molar-refractivity contribution is 5.35. The molecule has 4 atom stereocenters. The van der Waals surface area contributed by atoms with Crippen molar-refractivity contribution in [3.05, 3.63) is 23.8 Å². The highest BCUT2D eigenvalue weighted by Crippen LogP contribution is 2.56. The van der Waals surface area contributed by atoms with E-state index in [9.17, 15) is 0 Å². The van der Waals surface area contributed by atoms with Crippen LogP contribution in [0, 0.1) is 23.7 Å². The minimum Gasteiger partial charge on any atom is -0.0770 e. The molecule has 3 rings (SSSR count). The van der Waals surface area contributed by atoms with Gasteiger partial charge >= 0.3 is 0 Å². The highest BCUT2D eigenvalue weighted by Gasteiger charge is 2.46. The minimum absolute atomic E-state index is 0.865. The van der Waals surface area contributed by atoms with Gasteiger partial charge in [0.05, 0.1) is 0 Å². The molecule has 0 radical (unpaired) electrons. The summed E-state index contributed by atoms with van der Waals surface area (Å²) in [7, 11) is 0. The van der Waals surface area contributed by atoms with Gasteiger partial charge in [-0.25, -0.2) is 0 Å². The van der Waals surface area contributed by atoms with Crippen LogP contribution in [0.4, 0.5) is 0 Å². The van der Waals surface area contributed by atoms with Gasteiger partial charge in [0.15, 0.2) is 0 Å². The quantitative estimate of drug-likeness (QED) is 0.493. The van der Waals surface area contributed by atoms with Crippen LogP contribution in [0.5, 0.6) is 0 Å². The van der Waals surface area contributed by atoms with Crippen molar-refractivity contribution in [2.45, 2.75) is 19.8 Å². The van der Waals surface area contributed by atoms with Crippen LogP contribution < -0.4 is 0 Å². The van der Waals surface area contributed by atoms with Gasteiger partial charge in [0.1, 0.15) is 0 Å². The normalized spacial score (nSPS) is 51.5. The van der Waals surface area contributed by atoms with Gasteiger partial charge in [-0.3, -0.25) is 0 Å². The molecule has 0 N–H and O–H groups in total. The number of fused-ring (bicyclic) bond motifs is 5. The summed E-state index contributed by atoms with van der Waals surface area (Å²) in [5.41, 5.74) is 1.76. The van der Waals surface area contributed by atoms with Crippen molar-refractivity contribution in [2.75, 3.05) is 0 Å². The van der Waals surface area contributed by atoms with Crippen LogP contribution in [-0.4, -0.2) is 0 Å². The second kappa shape index (κ2) is 1.80. The Morgan fingerprint density at radius 2 is 2.27 bits per heavy atom. The summed E-state index contributed by atoms with van der Waals surface area (Å²) in [5.74, 6) is 3.83. The van der Waals surface area contributed by atoms with E-state index < -0.39 is 0 Å². The molecule has 0 aromatic heterocycles. The molecule has 3 aliphatic carbocycles. The van der Waals surface area contributed by atoms with Gasteiger partial charge in [-0.2, -0.15) is 0 Å². The van der Waals surface area contributed by atoms with Crippen molar-refractivity contribution in [3.63, 3.8) is 0 Å². The van der Waals surface area contributed by atoms with E-state index in [4.69, 9.17) is 0 Å². The number of hydrogen-bond acceptors (Lipinski definition) is 0. The van der Waals surface area contributed by atoms with E-state index in [0.717, 1.165) is 23.7 Å². The molecule has 4 unspecified atom stereocenters. The fourth-order valence-electron chi connectivity index (χ4n) is 3.36. The van der Waals surface area contributed by atoms with Crippen LogP contribution in [-0.2, 0) is 0 Å². The number of rotatable bonds is 0. The zero-order chi connectivity index (χ0) is 7.42. The first-order chi connectivity index (χ1) is 5.36. The average molecular weight is 146 g/mol. The lowest BCUT2D eigenvalue weighted by Gasteiger charge is -2.24. The molecule has 0 nitrogen and oxygen atoms in total. The van der Waals surface area contributed by atoms with Gasteiger partial charge in [-0.05, 0) is 30.6 Å². The lowest BCUT2D eigenvalue weighted by Crippen LogP contribution is -2.16. The molecule has 0 spiro atoms. The first-order valence-corrected chi connectivity index (χ1v) is 4.74. The SMILES string of the molecule is CC1CC2CC1C1C=CC=C21. The molecular formula is C11H14. The molecule has 11 heavy (non-hydrogen) atoms. The molecule has 0 aromatic rings. The standard InChI is InChI=1S/C11H14/c1-7-5-8-6-11(7)10-4-2-3-9(8)10/h2-4,7-8,10-11H,5-6H2,1H3. The third kappa shape index (κ3) is 0.610. The van der Waals surface area contributed by atoms with E-state index >= 15 is 0 Å². The van der Waals surface area contributed by atoms with Gasteiger partial charge in [0.25, 0.3) is 0 Å². The molecule has 2 bridgehead atoms. The Morgan fingerprint density at radius 3 is 3.18 bits per heavy atom. The number of allylic oxidation sites excluding steroid dienone is 4. The first kappa shape index (κ1) is 6.05. The topological polar surface area (TPSA) is 0 Å².